The van der Waals surface area contributed by atoms with E-state index < -0.39 is 6.49 Å². The summed E-state index contributed by atoms with van der Waals surface area (Å²) < 4.78 is 11.6. The smallest absolute Gasteiger partial charge is 0.284 e. The molecule has 0 amide bonds. The molecule has 128 valence electrons. The number of hydrogen-bond donors (Lipinski definition) is 0. The van der Waals surface area contributed by atoms with Crippen LogP contribution in [0.5, 0.6) is 11.5 Å². The molecule has 25 heavy (non-hydrogen) atoms. The first-order chi connectivity index (χ1) is 11.8. The fourth-order valence-electron chi connectivity index (χ4n) is 2.03. The average molecular weight is 374 g/mol. The summed E-state index contributed by atoms with van der Waals surface area (Å²) in [7, 11) is 0. The molecule has 0 atom stereocenters. The number of aliphatic imine (C=N–C) groups is 2. The molecule has 6 nitrogen and oxygen atoms in total. The Morgan fingerprint density at radius 1 is 0.880 bits per heavy atom. The van der Waals surface area contributed by atoms with Crippen LogP contribution >= 0.6 is 6.49 Å². The predicted octanol–water partition coefficient (Wildman–Crippen LogP) is 4.64. The zero-order valence-corrected chi connectivity index (χ0v) is 15.6. The Morgan fingerprint density at radius 3 is 1.64 bits per heavy atom. The van der Waals surface area contributed by atoms with E-state index in [1.807, 2.05) is 13.8 Å². The van der Waals surface area contributed by atoms with Crippen molar-refractivity contribution in [3.63, 3.8) is 0 Å². The van der Waals surface area contributed by atoms with Gasteiger partial charge in [-0.1, -0.05) is 12.1 Å². The summed E-state index contributed by atoms with van der Waals surface area (Å²) in [6.07, 6.45) is 3.02. The van der Waals surface area contributed by atoms with Gasteiger partial charge in [-0.15, -0.1) is 0 Å². The molecule has 0 aliphatic carbocycles. The Morgan fingerprint density at radius 2 is 1.28 bits per heavy atom. The Hall–Kier alpha value is -2.55. The van der Waals surface area contributed by atoms with E-state index in [4.69, 9.17) is 20.9 Å². The Balaban J connectivity index is 2.24. The Labute approximate surface area is 150 Å². The molecule has 2 aromatic rings. The van der Waals surface area contributed by atoms with Gasteiger partial charge in [0, 0.05) is 18.8 Å². The van der Waals surface area contributed by atoms with Crippen LogP contribution in [-0.4, -0.2) is 18.8 Å². The number of aryl methyl sites for hydroxylation is 2. The quantitative estimate of drug-likeness (QED) is 0.418. The van der Waals surface area contributed by atoms with Crippen molar-refractivity contribution < 1.29 is 18.6 Å². The van der Waals surface area contributed by atoms with Gasteiger partial charge < -0.3 is 9.05 Å². The van der Waals surface area contributed by atoms with Gasteiger partial charge in [-0.2, -0.15) is 9.98 Å². The second-order valence-electron chi connectivity index (χ2n) is 5.26. The molecule has 0 radical (unpaired) electrons. The summed E-state index contributed by atoms with van der Waals surface area (Å²) in [6.45, 7) is 2.62. The van der Waals surface area contributed by atoms with Gasteiger partial charge in [0.2, 0.25) is 12.2 Å². The van der Waals surface area contributed by atoms with Crippen molar-refractivity contribution >= 4 is 41.8 Å². The molecule has 0 unspecified atom stereocenters. The molecule has 0 aliphatic rings. The third kappa shape index (κ3) is 5.21. The van der Waals surface area contributed by atoms with E-state index in [-0.39, 0.29) is 0 Å². The molecule has 0 heterocycles. The lowest BCUT2D eigenvalue weighted by Gasteiger charge is -2.20. The van der Waals surface area contributed by atoms with Gasteiger partial charge in [-0.05, 0) is 48.9 Å². The van der Waals surface area contributed by atoms with Crippen LogP contribution in [0.25, 0.3) is 0 Å². The van der Waals surface area contributed by atoms with E-state index in [1.54, 1.807) is 43.1 Å². The van der Waals surface area contributed by atoms with Crippen molar-refractivity contribution in [1.82, 2.24) is 0 Å². The minimum atomic E-state index is -2.69. The van der Waals surface area contributed by atoms with E-state index in [0.717, 1.165) is 11.1 Å². The van der Waals surface area contributed by atoms with Gasteiger partial charge in [0.1, 0.15) is 11.5 Å². The highest BCUT2D eigenvalue weighted by Crippen LogP contribution is 2.46. The zero-order valence-electron chi connectivity index (χ0n) is 13.8. The summed E-state index contributed by atoms with van der Waals surface area (Å²) in [5.74, 6) is 0.896. The van der Waals surface area contributed by atoms with Gasteiger partial charge in [0.25, 0.3) is 6.49 Å². The molecule has 0 saturated carbocycles. The highest BCUT2D eigenvalue weighted by Gasteiger charge is 2.16. The molecule has 0 fully saturated rings. The average Bonchev–Trinajstić information content (AvgIpc) is 2.54. The van der Waals surface area contributed by atoms with Crippen LogP contribution in [0.3, 0.4) is 0 Å². The zero-order chi connectivity index (χ0) is 18.4. The van der Waals surface area contributed by atoms with Gasteiger partial charge >= 0.3 is 0 Å². The number of carbonyl (C=O) groups excluding carboxylic acids is 2. The van der Waals surface area contributed by atoms with Gasteiger partial charge in [0.15, 0.2) is 0 Å². The van der Waals surface area contributed by atoms with E-state index in [9.17, 15) is 9.59 Å². The second kappa shape index (κ2) is 8.02. The molecule has 2 rings (SSSR count). The third-order valence-electron chi connectivity index (χ3n) is 3.24. The number of hydrogen-bond acceptors (Lipinski definition) is 7. The molecular weight excluding hydrogens is 359 g/mol. The normalized spacial score (nSPS) is 12.3. The maximum Gasteiger partial charge on any atom is 0.284 e. The summed E-state index contributed by atoms with van der Waals surface area (Å²) in [6, 6.07) is 10.2. The molecule has 0 aliphatic heterocycles. The second-order valence-corrected chi connectivity index (χ2v) is 9.15. The van der Waals surface area contributed by atoms with Gasteiger partial charge in [0.05, 0.1) is 11.4 Å². The lowest BCUT2D eigenvalue weighted by atomic mass is 10.2. The molecule has 0 spiro atoms. The summed E-state index contributed by atoms with van der Waals surface area (Å²) in [5, 5.41) is 0. The molecule has 0 N–H and O–H groups in total. The minimum absolute atomic E-state index is 0.448. The number of isocyanates is 2. The lowest BCUT2D eigenvalue weighted by Crippen LogP contribution is -1.99. The minimum Gasteiger partial charge on any atom is -0.435 e. The van der Waals surface area contributed by atoms with Crippen molar-refractivity contribution in [3.05, 3.63) is 47.5 Å². The Kier molecular flexibility index (Phi) is 6.02. The molecular formula is C17H15N2O4PS. The SMILES string of the molecule is Cc1ccc(OP(C)(=S)Oc2ccc(C)c(N=C=O)c2)cc1N=C=O. The first-order valence-electron chi connectivity index (χ1n) is 7.18. The van der Waals surface area contributed by atoms with E-state index in [2.05, 4.69) is 9.98 Å². The van der Waals surface area contributed by atoms with Crippen LogP contribution in [0, 0.1) is 13.8 Å². The summed E-state index contributed by atoms with van der Waals surface area (Å²) >= 11 is 5.44. The van der Waals surface area contributed by atoms with E-state index in [1.165, 1.54) is 12.2 Å². The fourth-order valence-corrected chi connectivity index (χ4v) is 3.58. The number of rotatable bonds is 6. The fraction of sp³-hybridized carbons (Fsp3) is 0.176. The van der Waals surface area contributed by atoms with Crippen LogP contribution in [0.2, 0.25) is 0 Å². The number of benzene rings is 2. The van der Waals surface area contributed by atoms with Crippen LogP contribution in [0.4, 0.5) is 11.4 Å². The third-order valence-corrected chi connectivity index (χ3v) is 4.77. The van der Waals surface area contributed by atoms with Gasteiger partial charge in [-0.25, -0.2) is 9.59 Å². The van der Waals surface area contributed by atoms with E-state index in [0.29, 0.717) is 22.9 Å². The largest absolute Gasteiger partial charge is 0.435 e. The van der Waals surface area contributed by atoms with E-state index >= 15 is 0 Å². The summed E-state index contributed by atoms with van der Waals surface area (Å²) in [5.41, 5.74) is 2.55. The van der Waals surface area contributed by atoms with Crippen molar-refractivity contribution in [2.24, 2.45) is 9.98 Å². The van der Waals surface area contributed by atoms with Crippen LogP contribution < -0.4 is 9.05 Å². The molecule has 8 heteroatoms. The lowest BCUT2D eigenvalue weighted by molar-refractivity contribution is 0.493. The van der Waals surface area contributed by atoms with Crippen LogP contribution in [-0.2, 0) is 21.4 Å². The topological polar surface area (TPSA) is 77.3 Å². The van der Waals surface area contributed by atoms with Crippen molar-refractivity contribution in [1.29, 1.82) is 0 Å². The molecule has 0 aromatic heterocycles. The van der Waals surface area contributed by atoms with Gasteiger partial charge in [-0.3, -0.25) is 0 Å². The maximum atomic E-state index is 10.5. The molecule has 0 saturated heterocycles. The maximum absolute atomic E-state index is 10.5. The van der Waals surface area contributed by atoms with Crippen LogP contribution in [0.15, 0.2) is 46.4 Å². The predicted molar refractivity (Wildman–Crippen MR) is 99.4 cm³/mol. The van der Waals surface area contributed by atoms with Crippen molar-refractivity contribution in [2.45, 2.75) is 13.8 Å². The highest BCUT2D eigenvalue weighted by molar-refractivity contribution is 8.09. The molecule has 0 bridgehead atoms. The van der Waals surface area contributed by atoms with Crippen LogP contribution in [0.1, 0.15) is 11.1 Å². The first-order valence-corrected chi connectivity index (χ1v) is 10.3. The standard InChI is InChI=1S/C17H15N2O4PS/c1-12-4-6-14(8-16(12)18-10-20)22-24(3,25)23-15-7-5-13(2)17(9-15)19-11-21/h4-9H,1-3H3. The monoisotopic (exact) mass is 374 g/mol. The van der Waals surface area contributed by atoms with Crippen molar-refractivity contribution in [2.75, 3.05) is 6.66 Å². The first kappa shape index (κ1) is 18.8. The molecule has 2 aromatic carbocycles. The summed E-state index contributed by atoms with van der Waals surface area (Å²) in [4.78, 5) is 28.2. The Bertz CT molecular complexity index is 874. The highest BCUT2D eigenvalue weighted by atomic mass is 32.5. The van der Waals surface area contributed by atoms with Crippen molar-refractivity contribution in [3.8, 4) is 11.5 Å². The number of nitrogens with zero attached hydrogens (tertiary/aromatic N) is 2.